The van der Waals surface area contributed by atoms with Crippen molar-refractivity contribution < 1.29 is 9.53 Å². The van der Waals surface area contributed by atoms with Crippen LogP contribution in [-0.4, -0.2) is 36.4 Å². The number of rotatable bonds is 5. The van der Waals surface area contributed by atoms with E-state index in [9.17, 15) is 4.79 Å². The summed E-state index contributed by atoms with van der Waals surface area (Å²) in [5.74, 6) is 1.55. The summed E-state index contributed by atoms with van der Waals surface area (Å²) in [6, 6.07) is 8.05. The highest BCUT2D eigenvalue weighted by Crippen LogP contribution is 2.23. The van der Waals surface area contributed by atoms with Crippen LogP contribution in [0.3, 0.4) is 0 Å². The van der Waals surface area contributed by atoms with Crippen molar-refractivity contribution in [2.45, 2.75) is 39.7 Å². The lowest BCUT2D eigenvalue weighted by Crippen LogP contribution is -2.43. The van der Waals surface area contributed by atoms with E-state index in [0.717, 1.165) is 6.54 Å². The molecule has 1 heterocycles. The highest BCUT2D eigenvalue weighted by atomic mass is 16.5. The first kappa shape index (κ1) is 15.0. The SMILES string of the molecule is CCOc1ccccc1C(=O)CN1CC(C)CCC1C. The van der Waals surface area contributed by atoms with Gasteiger partial charge in [-0.05, 0) is 44.7 Å². The van der Waals surface area contributed by atoms with Gasteiger partial charge in [0.2, 0.25) is 0 Å². The Bertz CT molecular complexity index is 458. The molecule has 110 valence electrons. The monoisotopic (exact) mass is 275 g/mol. The molecule has 1 fully saturated rings. The van der Waals surface area contributed by atoms with Crippen LogP contribution >= 0.6 is 0 Å². The Balaban J connectivity index is 2.07. The molecule has 0 aliphatic carbocycles. The molecule has 0 N–H and O–H groups in total. The molecule has 0 spiro atoms. The smallest absolute Gasteiger partial charge is 0.180 e. The van der Waals surface area contributed by atoms with Gasteiger partial charge < -0.3 is 4.74 Å². The van der Waals surface area contributed by atoms with Crippen LogP contribution in [0.1, 0.15) is 44.0 Å². The second kappa shape index (κ2) is 6.89. The minimum Gasteiger partial charge on any atom is -0.493 e. The molecule has 1 aromatic rings. The molecule has 3 nitrogen and oxygen atoms in total. The second-order valence-corrected chi connectivity index (χ2v) is 5.81. The Labute approximate surface area is 121 Å². The van der Waals surface area contributed by atoms with E-state index in [1.165, 1.54) is 12.8 Å². The van der Waals surface area contributed by atoms with E-state index in [-0.39, 0.29) is 5.78 Å². The van der Waals surface area contributed by atoms with Crippen molar-refractivity contribution in [2.24, 2.45) is 5.92 Å². The van der Waals surface area contributed by atoms with Gasteiger partial charge in [-0.15, -0.1) is 0 Å². The maximum absolute atomic E-state index is 12.5. The highest BCUT2D eigenvalue weighted by Gasteiger charge is 2.25. The van der Waals surface area contributed by atoms with Crippen molar-refractivity contribution in [1.29, 1.82) is 0 Å². The molecule has 3 heteroatoms. The number of piperidine rings is 1. The largest absolute Gasteiger partial charge is 0.493 e. The van der Waals surface area contributed by atoms with Gasteiger partial charge in [0, 0.05) is 12.6 Å². The van der Waals surface area contributed by atoms with Gasteiger partial charge in [0.05, 0.1) is 18.7 Å². The molecule has 0 saturated carbocycles. The zero-order chi connectivity index (χ0) is 14.5. The van der Waals surface area contributed by atoms with E-state index in [1.807, 2.05) is 31.2 Å². The fraction of sp³-hybridized carbons (Fsp3) is 0.588. The molecule has 20 heavy (non-hydrogen) atoms. The van der Waals surface area contributed by atoms with E-state index in [2.05, 4.69) is 18.7 Å². The number of carbonyl (C=O) groups excluding carboxylic acids is 1. The Kier molecular flexibility index (Phi) is 5.18. The molecule has 0 amide bonds. The summed E-state index contributed by atoms with van der Waals surface area (Å²) in [7, 11) is 0. The molecule has 1 saturated heterocycles. The molecule has 1 aliphatic heterocycles. The summed E-state index contributed by atoms with van der Waals surface area (Å²) in [5.41, 5.74) is 0.708. The van der Waals surface area contributed by atoms with Crippen LogP contribution < -0.4 is 4.74 Å². The first-order valence-corrected chi connectivity index (χ1v) is 7.61. The zero-order valence-electron chi connectivity index (χ0n) is 12.8. The Morgan fingerprint density at radius 1 is 1.30 bits per heavy atom. The molecule has 1 aromatic carbocycles. The molecule has 2 atom stereocenters. The van der Waals surface area contributed by atoms with Crippen molar-refractivity contribution in [2.75, 3.05) is 19.7 Å². The lowest BCUT2D eigenvalue weighted by molar-refractivity contribution is 0.0802. The van der Waals surface area contributed by atoms with Crippen LogP contribution in [0.25, 0.3) is 0 Å². The Morgan fingerprint density at radius 3 is 2.80 bits per heavy atom. The van der Waals surface area contributed by atoms with Crippen LogP contribution in [-0.2, 0) is 0 Å². The predicted molar refractivity (Wildman–Crippen MR) is 81.4 cm³/mol. The number of ketones is 1. The summed E-state index contributed by atoms with van der Waals surface area (Å²) in [4.78, 5) is 14.8. The molecule has 2 rings (SSSR count). The lowest BCUT2D eigenvalue weighted by atomic mass is 9.94. The first-order valence-electron chi connectivity index (χ1n) is 7.61. The van der Waals surface area contributed by atoms with Crippen molar-refractivity contribution in [3.8, 4) is 5.75 Å². The van der Waals surface area contributed by atoms with Gasteiger partial charge in [-0.2, -0.15) is 0 Å². The number of para-hydroxylation sites is 1. The number of hydrogen-bond acceptors (Lipinski definition) is 3. The van der Waals surface area contributed by atoms with Gasteiger partial charge in [-0.3, -0.25) is 9.69 Å². The summed E-state index contributed by atoms with van der Waals surface area (Å²) >= 11 is 0. The standard InChI is InChI=1S/C17H25NO2/c1-4-20-17-8-6-5-7-15(17)16(19)12-18-11-13(2)9-10-14(18)3/h5-8,13-14H,4,9-12H2,1-3H3. The molecular weight excluding hydrogens is 250 g/mol. The topological polar surface area (TPSA) is 29.5 Å². The minimum atomic E-state index is 0.162. The Morgan fingerprint density at radius 2 is 2.05 bits per heavy atom. The zero-order valence-corrected chi connectivity index (χ0v) is 12.8. The maximum Gasteiger partial charge on any atom is 0.180 e. The normalized spacial score (nSPS) is 23.6. The average molecular weight is 275 g/mol. The summed E-state index contributed by atoms with van der Waals surface area (Å²) in [6.07, 6.45) is 2.45. The third-order valence-corrected chi connectivity index (χ3v) is 4.08. The molecule has 2 unspecified atom stereocenters. The van der Waals surface area contributed by atoms with E-state index in [4.69, 9.17) is 4.74 Å². The van der Waals surface area contributed by atoms with Gasteiger partial charge in [-0.1, -0.05) is 19.1 Å². The number of carbonyl (C=O) groups is 1. The van der Waals surface area contributed by atoms with Crippen LogP contribution in [0.2, 0.25) is 0 Å². The van der Waals surface area contributed by atoms with Gasteiger partial charge in [0.25, 0.3) is 0 Å². The number of Topliss-reactive ketones (excluding diaryl/α,β-unsaturated/α-hetero) is 1. The molecular formula is C17H25NO2. The van der Waals surface area contributed by atoms with Gasteiger partial charge in [0.1, 0.15) is 5.75 Å². The number of benzene rings is 1. The van der Waals surface area contributed by atoms with E-state index in [1.54, 1.807) is 0 Å². The summed E-state index contributed by atoms with van der Waals surface area (Å²) in [5, 5.41) is 0. The number of hydrogen-bond donors (Lipinski definition) is 0. The molecule has 0 aromatic heterocycles. The van der Waals surface area contributed by atoms with Gasteiger partial charge >= 0.3 is 0 Å². The van der Waals surface area contributed by atoms with Gasteiger partial charge in [0.15, 0.2) is 5.78 Å². The second-order valence-electron chi connectivity index (χ2n) is 5.81. The number of nitrogens with zero attached hydrogens (tertiary/aromatic N) is 1. The average Bonchev–Trinajstić information content (AvgIpc) is 2.44. The predicted octanol–water partition coefficient (Wildman–Crippen LogP) is 3.39. The van der Waals surface area contributed by atoms with E-state index in [0.29, 0.717) is 36.4 Å². The fourth-order valence-corrected chi connectivity index (χ4v) is 2.85. The number of likely N-dealkylation sites (tertiary alicyclic amines) is 1. The molecule has 0 radical (unpaired) electrons. The Hall–Kier alpha value is -1.35. The van der Waals surface area contributed by atoms with Crippen LogP contribution in [0.5, 0.6) is 5.75 Å². The highest BCUT2D eigenvalue weighted by molar-refractivity contribution is 6.00. The molecule has 0 bridgehead atoms. The lowest BCUT2D eigenvalue weighted by Gasteiger charge is -2.36. The van der Waals surface area contributed by atoms with E-state index >= 15 is 0 Å². The number of ether oxygens (including phenoxy) is 1. The van der Waals surface area contributed by atoms with Crippen LogP contribution in [0.4, 0.5) is 0 Å². The quantitative estimate of drug-likeness (QED) is 0.771. The van der Waals surface area contributed by atoms with Crippen molar-refractivity contribution in [3.05, 3.63) is 29.8 Å². The third kappa shape index (κ3) is 3.60. The summed E-state index contributed by atoms with van der Waals surface area (Å²) < 4.78 is 5.56. The third-order valence-electron chi connectivity index (χ3n) is 4.08. The first-order chi connectivity index (χ1) is 9.61. The minimum absolute atomic E-state index is 0.162. The molecule has 1 aliphatic rings. The van der Waals surface area contributed by atoms with Gasteiger partial charge in [-0.25, -0.2) is 0 Å². The van der Waals surface area contributed by atoms with Crippen LogP contribution in [0, 0.1) is 5.92 Å². The van der Waals surface area contributed by atoms with Crippen molar-refractivity contribution in [1.82, 2.24) is 4.90 Å². The van der Waals surface area contributed by atoms with Crippen LogP contribution in [0.15, 0.2) is 24.3 Å². The summed E-state index contributed by atoms with van der Waals surface area (Å²) in [6.45, 7) is 8.52. The van der Waals surface area contributed by atoms with Crippen molar-refractivity contribution >= 4 is 5.78 Å². The fourth-order valence-electron chi connectivity index (χ4n) is 2.85. The van der Waals surface area contributed by atoms with Crippen molar-refractivity contribution in [3.63, 3.8) is 0 Å². The maximum atomic E-state index is 12.5. The van der Waals surface area contributed by atoms with E-state index < -0.39 is 0 Å².